The molecule has 1 amide bonds. The molecule has 8 nitrogen and oxygen atoms in total. The van der Waals surface area contributed by atoms with Gasteiger partial charge in [0.1, 0.15) is 23.2 Å². The Hall–Kier alpha value is -3.65. The van der Waals surface area contributed by atoms with Gasteiger partial charge in [0.2, 0.25) is 5.95 Å². The van der Waals surface area contributed by atoms with Gasteiger partial charge in [-0.05, 0) is 25.6 Å². The van der Waals surface area contributed by atoms with Gasteiger partial charge in [-0.2, -0.15) is 4.98 Å². The number of carbonyl (C=O) groups is 1. The lowest BCUT2D eigenvalue weighted by Gasteiger charge is -2.25. The largest absolute Gasteiger partial charge is 0.484 e. The number of fused-ring (bicyclic) bond motifs is 1. The zero-order valence-electron chi connectivity index (χ0n) is 20.0. The van der Waals surface area contributed by atoms with Gasteiger partial charge in [-0.3, -0.25) is 4.79 Å². The van der Waals surface area contributed by atoms with E-state index in [0.29, 0.717) is 43.5 Å². The van der Waals surface area contributed by atoms with Crippen molar-refractivity contribution in [2.45, 2.75) is 19.6 Å². The van der Waals surface area contributed by atoms with Crippen LogP contribution in [0.25, 0.3) is 0 Å². The molecule has 0 fully saturated rings. The molecule has 0 bridgehead atoms. The van der Waals surface area contributed by atoms with Crippen LogP contribution in [0.15, 0.2) is 60.8 Å². The van der Waals surface area contributed by atoms with Crippen molar-refractivity contribution in [2.75, 3.05) is 50.5 Å². The zero-order valence-corrected chi connectivity index (χ0v) is 20.0. The van der Waals surface area contributed by atoms with Gasteiger partial charge in [0.05, 0.1) is 0 Å². The molecule has 2 aromatic carbocycles. The highest BCUT2D eigenvalue weighted by molar-refractivity contribution is 5.99. The van der Waals surface area contributed by atoms with Gasteiger partial charge in [0.25, 0.3) is 5.91 Å². The molecule has 2 N–H and O–H groups in total. The topological polar surface area (TPSA) is 82.6 Å². The number of nitrogens with one attached hydrogen (secondary N) is 2. The van der Waals surface area contributed by atoms with Crippen molar-refractivity contribution < 1.29 is 9.53 Å². The smallest absolute Gasteiger partial charge is 0.259 e. The van der Waals surface area contributed by atoms with E-state index in [4.69, 9.17) is 4.74 Å². The van der Waals surface area contributed by atoms with E-state index in [0.717, 1.165) is 23.4 Å². The maximum atomic E-state index is 13.5. The minimum absolute atomic E-state index is 0.0768. The predicted octanol–water partition coefficient (Wildman–Crippen LogP) is 3.34. The molecule has 0 saturated carbocycles. The third-order valence-electron chi connectivity index (χ3n) is 5.85. The van der Waals surface area contributed by atoms with Crippen LogP contribution >= 0.6 is 0 Å². The van der Waals surface area contributed by atoms with Crippen molar-refractivity contribution in [3.05, 3.63) is 77.5 Å². The Morgan fingerprint density at radius 3 is 2.62 bits per heavy atom. The summed E-state index contributed by atoms with van der Waals surface area (Å²) in [6, 6.07) is 18.1. The number of amides is 1. The number of rotatable bonds is 9. The van der Waals surface area contributed by atoms with E-state index in [-0.39, 0.29) is 12.0 Å². The maximum Gasteiger partial charge on any atom is 0.259 e. The first kappa shape index (κ1) is 23.5. The highest BCUT2D eigenvalue weighted by atomic mass is 16.5. The van der Waals surface area contributed by atoms with Crippen molar-refractivity contribution >= 4 is 17.7 Å². The molecule has 0 saturated heterocycles. The summed E-state index contributed by atoms with van der Waals surface area (Å²) in [7, 11) is 3.87. The van der Waals surface area contributed by atoms with Crippen LogP contribution < -0.4 is 20.3 Å². The number of hydrogen-bond acceptors (Lipinski definition) is 7. The van der Waals surface area contributed by atoms with Gasteiger partial charge in [0, 0.05) is 51.5 Å². The normalized spacial score (nSPS) is 14.4. The minimum Gasteiger partial charge on any atom is -0.484 e. The van der Waals surface area contributed by atoms with Crippen molar-refractivity contribution in [1.29, 1.82) is 0 Å². The first-order valence-electron chi connectivity index (χ1n) is 11.7. The lowest BCUT2D eigenvalue weighted by atomic mass is 10.1. The Balaban J connectivity index is 1.58. The molecule has 1 unspecified atom stereocenters. The minimum atomic E-state index is -0.142. The van der Waals surface area contributed by atoms with Gasteiger partial charge in [-0.15, -0.1) is 0 Å². The first-order valence-corrected chi connectivity index (χ1v) is 11.7. The monoisotopic (exact) mass is 460 g/mol. The Bertz CT molecular complexity index is 1110. The summed E-state index contributed by atoms with van der Waals surface area (Å²) in [4.78, 5) is 26.2. The van der Waals surface area contributed by atoms with Gasteiger partial charge in [0.15, 0.2) is 0 Å². The average Bonchev–Trinajstić information content (AvgIpc) is 2.97. The van der Waals surface area contributed by atoms with Crippen LogP contribution in [0.5, 0.6) is 5.75 Å². The van der Waals surface area contributed by atoms with Crippen LogP contribution in [0.4, 0.5) is 11.8 Å². The van der Waals surface area contributed by atoms with Gasteiger partial charge in [-0.1, -0.05) is 48.5 Å². The van der Waals surface area contributed by atoms with Crippen LogP contribution in [0, 0.1) is 0 Å². The second-order valence-corrected chi connectivity index (χ2v) is 8.29. The van der Waals surface area contributed by atoms with E-state index in [1.54, 1.807) is 6.20 Å². The quantitative estimate of drug-likeness (QED) is 0.507. The summed E-state index contributed by atoms with van der Waals surface area (Å²) >= 11 is 0. The molecule has 0 aliphatic carbocycles. The van der Waals surface area contributed by atoms with E-state index in [2.05, 4.69) is 32.7 Å². The third kappa shape index (κ3) is 5.28. The molecule has 1 atom stereocenters. The lowest BCUT2D eigenvalue weighted by Crippen LogP contribution is -2.33. The van der Waals surface area contributed by atoms with Crippen molar-refractivity contribution in [3.8, 4) is 5.75 Å². The second kappa shape index (κ2) is 11.0. The zero-order chi connectivity index (χ0) is 23.9. The number of para-hydroxylation sites is 1. The van der Waals surface area contributed by atoms with E-state index < -0.39 is 0 Å². The summed E-state index contributed by atoms with van der Waals surface area (Å²) in [5, 5.41) is 6.34. The van der Waals surface area contributed by atoms with E-state index in [9.17, 15) is 4.79 Å². The van der Waals surface area contributed by atoms with E-state index in [1.807, 2.05) is 73.3 Å². The summed E-state index contributed by atoms with van der Waals surface area (Å²) in [5.41, 5.74) is 2.57. The summed E-state index contributed by atoms with van der Waals surface area (Å²) in [6.07, 6.45) is 1.48. The molecule has 0 spiro atoms. The predicted molar refractivity (Wildman–Crippen MR) is 134 cm³/mol. The molecule has 1 aromatic heterocycles. The molecule has 1 aliphatic rings. The average molecular weight is 461 g/mol. The van der Waals surface area contributed by atoms with Crippen LogP contribution in [-0.2, 0) is 6.54 Å². The fraction of sp³-hybridized carbons (Fsp3) is 0.346. The standard InChI is InChI=1S/C26H32N6O2/c1-4-28-26-29-16-21-24(30-26)31(3)14-15-32(25(21)33)18-20-12-8-9-13-22(20)34-23(17-27-2)19-10-6-5-7-11-19/h5-13,16,23,27H,4,14-15,17-18H2,1-3H3,(H,28,29,30). The van der Waals surface area contributed by atoms with Gasteiger partial charge in [-0.25, -0.2) is 4.98 Å². The number of likely N-dealkylation sites (N-methyl/N-ethyl adjacent to an activating group) is 2. The van der Waals surface area contributed by atoms with Crippen LogP contribution in [-0.4, -0.2) is 61.0 Å². The Labute approximate surface area is 201 Å². The molecule has 3 aromatic rings. The summed E-state index contributed by atoms with van der Waals surface area (Å²) in [5.74, 6) is 1.88. The molecule has 0 radical (unpaired) electrons. The van der Waals surface area contributed by atoms with Crippen LogP contribution in [0.2, 0.25) is 0 Å². The fourth-order valence-electron chi connectivity index (χ4n) is 4.05. The molecular weight excluding hydrogens is 428 g/mol. The SMILES string of the molecule is CCNc1ncc2c(n1)N(C)CCN(Cc1ccccc1OC(CNC)c1ccccc1)C2=O. The van der Waals surface area contributed by atoms with E-state index in [1.165, 1.54) is 0 Å². The van der Waals surface area contributed by atoms with Crippen molar-refractivity contribution in [2.24, 2.45) is 0 Å². The summed E-state index contributed by atoms with van der Waals surface area (Å²) in [6.45, 7) is 5.08. The van der Waals surface area contributed by atoms with Gasteiger partial charge < -0.3 is 25.2 Å². The number of aromatic nitrogens is 2. The highest BCUT2D eigenvalue weighted by Crippen LogP contribution is 2.29. The number of carbonyl (C=O) groups excluding carboxylic acids is 1. The Morgan fingerprint density at radius 1 is 1.09 bits per heavy atom. The van der Waals surface area contributed by atoms with Crippen LogP contribution in [0.3, 0.4) is 0 Å². The maximum absolute atomic E-state index is 13.5. The fourth-order valence-corrected chi connectivity index (χ4v) is 4.05. The molecule has 1 aliphatic heterocycles. The number of anilines is 2. The molecular formula is C26H32N6O2. The molecule has 34 heavy (non-hydrogen) atoms. The first-order chi connectivity index (χ1) is 16.6. The third-order valence-corrected chi connectivity index (χ3v) is 5.85. The number of benzene rings is 2. The second-order valence-electron chi connectivity index (χ2n) is 8.29. The molecule has 2 heterocycles. The number of nitrogens with zero attached hydrogens (tertiary/aromatic N) is 4. The Morgan fingerprint density at radius 2 is 1.85 bits per heavy atom. The Kier molecular flexibility index (Phi) is 7.59. The molecule has 4 rings (SSSR count). The van der Waals surface area contributed by atoms with Crippen molar-refractivity contribution in [1.82, 2.24) is 20.2 Å². The molecule has 8 heteroatoms. The molecule has 178 valence electrons. The van der Waals surface area contributed by atoms with Gasteiger partial charge >= 0.3 is 0 Å². The van der Waals surface area contributed by atoms with E-state index >= 15 is 0 Å². The van der Waals surface area contributed by atoms with Crippen molar-refractivity contribution in [3.63, 3.8) is 0 Å². The number of hydrogen-bond donors (Lipinski definition) is 2. The summed E-state index contributed by atoms with van der Waals surface area (Å²) < 4.78 is 6.47. The lowest BCUT2D eigenvalue weighted by molar-refractivity contribution is 0.0752. The van der Waals surface area contributed by atoms with Crippen LogP contribution in [0.1, 0.15) is 34.5 Å². The highest BCUT2D eigenvalue weighted by Gasteiger charge is 2.28. The number of ether oxygens (including phenoxy) is 1.